The molecule has 4 nitrogen and oxygen atoms in total. The van der Waals surface area contributed by atoms with Crippen molar-refractivity contribution in [2.75, 3.05) is 11.6 Å². The number of nitrogens with zero attached hydrogens (tertiary/aromatic N) is 2. The van der Waals surface area contributed by atoms with E-state index in [1.54, 1.807) is 24.5 Å². The van der Waals surface area contributed by atoms with Gasteiger partial charge in [0.1, 0.15) is 0 Å². The molecular formula is C16H11Cl2N3OS2. The number of aromatic nitrogens is 2. The molecule has 0 unspecified atom stereocenters. The van der Waals surface area contributed by atoms with Gasteiger partial charge in [0.05, 0.1) is 21.3 Å². The highest BCUT2D eigenvalue weighted by Crippen LogP contribution is 2.32. The van der Waals surface area contributed by atoms with Crippen LogP contribution in [0, 0.1) is 0 Å². The van der Waals surface area contributed by atoms with Gasteiger partial charge >= 0.3 is 0 Å². The quantitative estimate of drug-likeness (QED) is 0.593. The van der Waals surface area contributed by atoms with Crippen LogP contribution in [0.2, 0.25) is 10.0 Å². The molecule has 1 amide bonds. The van der Waals surface area contributed by atoms with Gasteiger partial charge in [-0.05, 0) is 30.5 Å². The second kappa shape index (κ2) is 7.53. The summed E-state index contributed by atoms with van der Waals surface area (Å²) in [6.45, 7) is 0. The van der Waals surface area contributed by atoms with E-state index >= 15 is 0 Å². The summed E-state index contributed by atoms with van der Waals surface area (Å²) in [5.41, 5.74) is 2.02. The lowest BCUT2D eigenvalue weighted by atomic mass is 10.2. The fourth-order valence-electron chi connectivity index (χ4n) is 2.00. The minimum absolute atomic E-state index is 0.305. The summed E-state index contributed by atoms with van der Waals surface area (Å²) in [6.07, 6.45) is 5.31. The minimum Gasteiger partial charge on any atom is -0.298 e. The SMILES string of the molecule is CSc1cc(C(=O)Nc2nc(-c3cccnc3)cs2)c(Cl)cc1Cl. The summed E-state index contributed by atoms with van der Waals surface area (Å²) in [5.74, 6) is -0.320. The molecule has 1 N–H and O–H groups in total. The number of nitrogens with one attached hydrogen (secondary N) is 1. The number of thioether (sulfide) groups is 1. The molecule has 0 saturated heterocycles. The number of pyridine rings is 1. The van der Waals surface area contributed by atoms with Crippen LogP contribution >= 0.6 is 46.3 Å². The maximum absolute atomic E-state index is 12.5. The molecule has 0 radical (unpaired) electrons. The minimum atomic E-state index is -0.320. The first-order valence-electron chi connectivity index (χ1n) is 6.79. The molecule has 2 heterocycles. The number of hydrogen-bond acceptors (Lipinski definition) is 5. The predicted octanol–water partition coefficient (Wildman–Crippen LogP) is 5.49. The van der Waals surface area contributed by atoms with Gasteiger partial charge in [-0.2, -0.15) is 0 Å². The molecular weight excluding hydrogens is 385 g/mol. The predicted molar refractivity (Wildman–Crippen MR) is 102 cm³/mol. The Morgan fingerprint density at radius 3 is 2.83 bits per heavy atom. The van der Waals surface area contributed by atoms with E-state index < -0.39 is 0 Å². The van der Waals surface area contributed by atoms with Crippen LogP contribution in [0.1, 0.15) is 10.4 Å². The number of halogens is 2. The molecule has 0 atom stereocenters. The van der Waals surface area contributed by atoms with Gasteiger partial charge in [0, 0.05) is 28.2 Å². The van der Waals surface area contributed by atoms with Crippen molar-refractivity contribution in [3.8, 4) is 11.3 Å². The Balaban J connectivity index is 1.82. The van der Waals surface area contributed by atoms with Crippen LogP contribution in [0.4, 0.5) is 5.13 Å². The average Bonchev–Trinajstić information content (AvgIpc) is 3.04. The van der Waals surface area contributed by atoms with E-state index in [0.29, 0.717) is 20.7 Å². The standard InChI is InChI=1S/C16H11Cl2N3OS2/c1-23-14-5-10(11(17)6-12(14)18)15(22)21-16-20-13(8-24-16)9-3-2-4-19-7-9/h2-8H,1H3,(H,20,21,22). The normalized spacial score (nSPS) is 10.6. The van der Waals surface area contributed by atoms with Crippen molar-refractivity contribution in [3.05, 3.63) is 57.6 Å². The van der Waals surface area contributed by atoms with Crippen LogP contribution in [0.3, 0.4) is 0 Å². The van der Waals surface area contributed by atoms with Crippen molar-refractivity contribution in [1.82, 2.24) is 9.97 Å². The Bertz CT molecular complexity index is 884. The van der Waals surface area contributed by atoms with E-state index in [1.165, 1.54) is 23.1 Å². The van der Waals surface area contributed by atoms with E-state index in [4.69, 9.17) is 23.2 Å². The summed E-state index contributed by atoms with van der Waals surface area (Å²) in [4.78, 5) is 21.7. The number of benzene rings is 1. The lowest BCUT2D eigenvalue weighted by molar-refractivity contribution is 0.102. The van der Waals surface area contributed by atoms with Crippen LogP contribution in [0.5, 0.6) is 0 Å². The monoisotopic (exact) mass is 395 g/mol. The number of rotatable bonds is 4. The molecule has 0 aliphatic carbocycles. The number of carbonyl (C=O) groups excluding carboxylic acids is 1. The second-order valence-corrected chi connectivity index (χ2v) is 7.22. The zero-order valence-corrected chi connectivity index (χ0v) is 15.6. The maximum atomic E-state index is 12.5. The van der Waals surface area contributed by atoms with Crippen molar-refractivity contribution < 1.29 is 4.79 Å². The van der Waals surface area contributed by atoms with Gasteiger partial charge < -0.3 is 0 Å². The van der Waals surface area contributed by atoms with Gasteiger partial charge in [-0.1, -0.05) is 23.2 Å². The number of anilines is 1. The lowest BCUT2D eigenvalue weighted by Gasteiger charge is -2.08. The third-order valence-corrected chi connectivity index (χ3v) is 5.44. The Morgan fingerprint density at radius 2 is 2.12 bits per heavy atom. The average molecular weight is 396 g/mol. The fraction of sp³-hybridized carbons (Fsp3) is 0.0625. The smallest absolute Gasteiger partial charge is 0.258 e. The first-order chi connectivity index (χ1) is 11.6. The number of carbonyl (C=O) groups is 1. The van der Waals surface area contributed by atoms with Gasteiger partial charge in [-0.25, -0.2) is 4.98 Å². The van der Waals surface area contributed by atoms with Crippen LogP contribution < -0.4 is 5.32 Å². The molecule has 3 rings (SSSR count). The van der Waals surface area contributed by atoms with Gasteiger partial charge in [0.25, 0.3) is 5.91 Å². The van der Waals surface area contributed by atoms with Crippen molar-refractivity contribution in [2.45, 2.75) is 4.90 Å². The molecule has 122 valence electrons. The van der Waals surface area contributed by atoms with Crippen LogP contribution in [-0.2, 0) is 0 Å². The van der Waals surface area contributed by atoms with Gasteiger partial charge in [0.15, 0.2) is 5.13 Å². The van der Waals surface area contributed by atoms with Crippen molar-refractivity contribution in [2.24, 2.45) is 0 Å². The molecule has 0 aliphatic heterocycles. The highest BCUT2D eigenvalue weighted by molar-refractivity contribution is 7.98. The number of hydrogen-bond donors (Lipinski definition) is 1. The molecule has 0 bridgehead atoms. The Labute approximate surface area is 157 Å². The van der Waals surface area contributed by atoms with E-state index in [0.717, 1.165) is 16.2 Å². The third kappa shape index (κ3) is 3.72. The maximum Gasteiger partial charge on any atom is 0.258 e. The number of amides is 1. The van der Waals surface area contributed by atoms with Gasteiger partial charge in [-0.3, -0.25) is 15.1 Å². The third-order valence-electron chi connectivity index (χ3n) is 3.17. The van der Waals surface area contributed by atoms with Crippen molar-refractivity contribution >= 4 is 57.3 Å². The molecule has 0 aliphatic rings. The van der Waals surface area contributed by atoms with E-state index in [1.807, 2.05) is 23.8 Å². The van der Waals surface area contributed by atoms with Gasteiger partial charge in [0.2, 0.25) is 0 Å². The van der Waals surface area contributed by atoms with E-state index in [-0.39, 0.29) is 5.91 Å². The summed E-state index contributed by atoms with van der Waals surface area (Å²) in [6, 6.07) is 7.01. The Morgan fingerprint density at radius 1 is 1.29 bits per heavy atom. The number of thiazole rings is 1. The van der Waals surface area contributed by atoms with Crippen molar-refractivity contribution in [1.29, 1.82) is 0 Å². The first kappa shape index (κ1) is 17.2. The largest absolute Gasteiger partial charge is 0.298 e. The zero-order chi connectivity index (χ0) is 17.1. The molecule has 3 aromatic rings. The molecule has 24 heavy (non-hydrogen) atoms. The lowest BCUT2D eigenvalue weighted by Crippen LogP contribution is -2.12. The van der Waals surface area contributed by atoms with E-state index in [9.17, 15) is 4.79 Å². The molecule has 2 aromatic heterocycles. The van der Waals surface area contributed by atoms with E-state index in [2.05, 4.69) is 15.3 Å². The highest BCUT2D eigenvalue weighted by atomic mass is 35.5. The Hall–Kier alpha value is -1.60. The molecule has 8 heteroatoms. The zero-order valence-electron chi connectivity index (χ0n) is 12.4. The summed E-state index contributed by atoms with van der Waals surface area (Å²) < 4.78 is 0. The topological polar surface area (TPSA) is 54.9 Å². The van der Waals surface area contributed by atoms with Crippen LogP contribution in [-0.4, -0.2) is 22.1 Å². The van der Waals surface area contributed by atoms with Crippen LogP contribution in [0.25, 0.3) is 11.3 Å². The Kier molecular flexibility index (Phi) is 5.40. The fourth-order valence-corrected chi connectivity index (χ4v) is 3.91. The molecule has 0 fully saturated rings. The summed E-state index contributed by atoms with van der Waals surface area (Å²) in [5, 5.41) is 5.96. The molecule has 1 aromatic carbocycles. The molecule has 0 saturated carbocycles. The van der Waals surface area contributed by atoms with Gasteiger partial charge in [-0.15, -0.1) is 23.1 Å². The summed E-state index contributed by atoms with van der Waals surface area (Å²) >= 11 is 15.0. The summed E-state index contributed by atoms with van der Waals surface area (Å²) in [7, 11) is 0. The molecule has 0 spiro atoms. The first-order valence-corrected chi connectivity index (χ1v) is 9.65. The van der Waals surface area contributed by atoms with Crippen LogP contribution in [0.15, 0.2) is 46.9 Å². The van der Waals surface area contributed by atoms with Crippen molar-refractivity contribution in [3.63, 3.8) is 0 Å². The second-order valence-electron chi connectivity index (χ2n) is 4.70. The highest BCUT2D eigenvalue weighted by Gasteiger charge is 2.16.